The molecule has 10 nitrogen and oxygen atoms in total. The van der Waals surface area contributed by atoms with E-state index in [2.05, 4.69) is 45.2 Å². The van der Waals surface area contributed by atoms with Gasteiger partial charge in [0.05, 0.1) is 37.5 Å². The zero-order valence-electron chi connectivity index (χ0n) is 24.7. The Kier molecular flexibility index (Phi) is 9.74. The number of carbonyl (C=O) groups excluding carboxylic acids is 1. The van der Waals surface area contributed by atoms with Gasteiger partial charge in [0.15, 0.2) is 0 Å². The van der Waals surface area contributed by atoms with Crippen LogP contribution < -0.4 is 9.64 Å². The van der Waals surface area contributed by atoms with Crippen molar-refractivity contribution in [3.8, 4) is 5.75 Å². The van der Waals surface area contributed by atoms with E-state index in [1.165, 1.54) is 12.7 Å². The summed E-state index contributed by atoms with van der Waals surface area (Å²) in [4.78, 5) is 31.2. The summed E-state index contributed by atoms with van der Waals surface area (Å²) in [5.41, 5.74) is 3.13. The van der Waals surface area contributed by atoms with Crippen LogP contribution >= 0.6 is 0 Å². The van der Waals surface area contributed by atoms with Crippen molar-refractivity contribution in [2.75, 3.05) is 58.0 Å². The van der Waals surface area contributed by atoms with Gasteiger partial charge in [0.25, 0.3) is 0 Å². The number of allylic oxidation sites excluding steroid dienone is 2. The number of piperidine rings is 1. The first-order valence-electron chi connectivity index (χ1n) is 15.1. The molecule has 1 aromatic carbocycles. The highest BCUT2D eigenvalue weighted by molar-refractivity contribution is 5.98. The maximum absolute atomic E-state index is 13.3. The SMILES string of the molecule is CCc1cnc(N2CCC(COc3ccc(C4=CCC(C(=O)N5CC(=NOC)C(CO)(CO)C5)CC4)cc3)CC2)nc1. The number of likely N-dealkylation sites (tertiary alicyclic amines) is 1. The summed E-state index contributed by atoms with van der Waals surface area (Å²) in [6, 6.07) is 8.29. The molecule has 5 rings (SSSR count). The van der Waals surface area contributed by atoms with Gasteiger partial charge in [-0.05, 0) is 73.3 Å². The highest BCUT2D eigenvalue weighted by atomic mass is 16.6. The largest absolute Gasteiger partial charge is 0.493 e. The van der Waals surface area contributed by atoms with Crippen LogP contribution in [0.5, 0.6) is 5.75 Å². The second-order valence-corrected chi connectivity index (χ2v) is 11.7. The number of aliphatic hydroxyl groups is 2. The Bertz CT molecular complexity index is 1250. The number of rotatable bonds is 10. The van der Waals surface area contributed by atoms with Crippen LogP contribution in [0.25, 0.3) is 5.57 Å². The van der Waals surface area contributed by atoms with Gasteiger partial charge in [-0.3, -0.25) is 4.79 Å². The molecule has 226 valence electrons. The van der Waals surface area contributed by atoms with Crippen LogP contribution in [0.2, 0.25) is 0 Å². The van der Waals surface area contributed by atoms with Crippen LogP contribution in [0.15, 0.2) is 47.9 Å². The Balaban J connectivity index is 1.08. The average Bonchev–Trinajstić information content (AvgIpc) is 3.43. The number of nitrogens with zero attached hydrogens (tertiary/aromatic N) is 5. The molecule has 1 aromatic heterocycles. The maximum atomic E-state index is 13.3. The number of oxime groups is 1. The first-order valence-corrected chi connectivity index (χ1v) is 15.1. The molecule has 2 aliphatic heterocycles. The molecule has 1 unspecified atom stereocenters. The quantitative estimate of drug-likeness (QED) is 0.413. The molecule has 0 bridgehead atoms. The summed E-state index contributed by atoms with van der Waals surface area (Å²) in [6.07, 6.45) is 11.3. The fraction of sp³-hybridized carbons (Fsp3) is 0.562. The van der Waals surface area contributed by atoms with Gasteiger partial charge in [-0.15, -0.1) is 0 Å². The summed E-state index contributed by atoms with van der Waals surface area (Å²) >= 11 is 0. The van der Waals surface area contributed by atoms with E-state index in [4.69, 9.17) is 9.57 Å². The third-order valence-electron chi connectivity index (χ3n) is 9.03. The molecule has 2 N–H and O–H groups in total. The number of ether oxygens (including phenoxy) is 1. The van der Waals surface area contributed by atoms with Crippen molar-refractivity contribution in [1.29, 1.82) is 0 Å². The topological polar surface area (TPSA) is 121 Å². The first kappa shape index (κ1) is 30.0. The van der Waals surface area contributed by atoms with E-state index in [0.717, 1.165) is 68.0 Å². The van der Waals surface area contributed by atoms with Crippen molar-refractivity contribution < 1.29 is 24.6 Å². The number of hydrogen-bond donors (Lipinski definition) is 2. The van der Waals surface area contributed by atoms with E-state index in [1.54, 1.807) is 4.90 Å². The van der Waals surface area contributed by atoms with Crippen LogP contribution in [0.1, 0.15) is 50.2 Å². The first-order chi connectivity index (χ1) is 20.5. The lowest BCUT2D eigenvalue weighted by atomic mass is 9.85. The van der Waals surface area contributed by atoms with Gasteiger partial charge in [0.2, 0.25) is 11.9 Å². The van der Waals surface area contributed by atoms with Gasteiger partial charge in [-0.2, -0.15) is 0 Å². The molecule has 1 aliphatic carbocycles. The minimum Gasteiger partial charge on any atom is -0.493 e. The van der Waals surface area contributed by atoms with Gasteiger partial charge < -0.3 is 29.6 Å². The maximum Gasteiger partial charge on any atom is 0.226 e. The van der Waals surface area contributed by atoms with E-state index < -0.39 is 5.41 Å². The molecule has 0 spiro atoms. The molecule has 3 heterocycles. The number of benzene rings is 1. The minimum absolute atomic E-state index is 0.0365. The van der Waals surface area contributed by atoms with Gasteiger partial charge in [0.1, 0.15) is 12.9 Å². The van der Waals surface area contributed by atoms with Gasteiger partial charge in [-0.1, -0.05) is 30.3 Å². The van der Waals surface area contributed by atoms with Crippen molar-refractivity contribution >= 4 is 23.1 Å². The summed E-state index contributed by atoms with van der Waals surface area (Å²) in [5.74, 6) is 2.13. The number of aromatic nitrogens is 2. The zero-order valence-corrected chi connectivity index (χ0v) is 24.7. The van der Waals surface area contributed by atoms with Crippen LogP contribution in [-0.2, 0) is 16.1 Å². The zero-order chi connectivity index (χ0) is 29.5. The van der Waals surface area contributed by atoms with Crippen LogP contribution in [-0.4, -0.2) is 89.8 Å². The molecular weight excluding hydrogens is 534 g/mol. The smallest absolute Gasteiger partial charge is 0.226 e. The minimum atomic E-state index is -0.946. The molecule has 1 amide bonds. The van der Waals surface area contributed by atoms with Crippen molar-refractivity contribution in [2.45, 2.75) is 45.4 Å². The highest BCUT2D eigenvalue weighted by Crippen LogP contribution is 2.35. The standard InChI is InChI=1S/C32H43N5O5/c1-3-23-16-33-31(34-17-23)36-14-12-24(13-15-36)19-42-28-10-8-26(9-11-28)25-4-6-27(7-5-25)30(40)37-18-29(35-41-2)32(20-37,21-38)22-39/h4,8-11,16-17,24,27,38-39H,3,5-7,12-15,18-22H2,1-2H3. The van der Waals surface area contributed by atoms with E-state index in [9.17, 15) is 15.0 Å². The Morgan fingerprint density at radius 1 is 1.10 bits per heavy atom. The number of carbonyl (C=O) groups is 1. The summed E-state index contributed by atoms with van der Waals surface area (Å²) in [7, 11) is 1.43. The Morgan fingerprint density at radius 3 is 2.40 bits per heavy atom. The predicted octanol–water partition coefficient (Wildman–Crippen LogP) is 3.33. The van der Waals surface area contributed by atoms with Crippen molar-refractivity contribution in [3.63, 3.8) is 0 Å². The molecule has 2 aromatic rings. The van der Waals surface area contributed by atoms with Gasteiger partial charge >= 0.3 is 0 Å². The van der Waals surface area contributed by atoms with E-state index in [1.807, 2.05) is 24.5 Å². The molecule has 0 saturated carbocycles. The second-order valence-electron chi connectivity index (χ2n) is 11.7. The summed E-state index contributed by atoms with van der Waals surface area (Å²) < 4.78 is 6.15. The second kappa shape index (κ2) is 13.6. The molecular formula is C32H43N5O5. The normalized spacial score (nSPS) is 21.9. The van der Waals surface area contributed by atoms with Crippen LogP contribution in [0.4, 0.5) is 5.95 Å². The van der Waals surface area contributed by atoms with Gasteiger partial charge in [0, 0.05) is 37.9 Å². The van der Waals surface area contributed by atoms with Gasteiger partial charge in [-0.25, -0.2) is 9.97 Å². The van der Waals surface area contributed by atoms with Crippen molar-refractivity contribution in [3.05, 3.63) is 53.9 Å². The highest BCUT2D eigenvalue weighted by Gasteiger charge is 2.46. The number of aliphatic hydroxyl groups excluding tert-OH is 2. The molecule has 0 radical (unpaired) electrons. The lowest BCUT2D eigenvalue weighted by Crippen LogP contribution is -2.40. The fourth-order valence-corrected chi connectivity index (χ4v) is 6.14. The van der Waals surface area contributed by atoms with Crippen molar-refractivity contribution in [1.82, 2.24) is 14.9 Å². The van der Waals surface area contributed by atoms with Crippen LogP contribution in [0.3, 0.4) is 0 Å². The number of anilines is 1. The molecule has 3 aliphatic rings. The lowest BCUT2D eigenvalue weighted by molar-refractivity contribution is -0.135. The van der Waals surface area contributed by atoms with E-state index in [-0.39, 0.29) is 38.1 Å². The Morgan fingerprint density at radius 2 is 1.81 bits per heavy atom. The number of hydrogen-bond acceptors (Lipinski definition) is 9. The third kappa shape index (κ3) is 6.60. The average molecular weight is 578 g/mol. The molecule has 42 heavy (non-hydrogen) atoms. The fourth-order valence-electron chi connectivity index (χ4n) is 6.14. The molecule has 1 atom stereocenters. The number of amides is 1. The van der Waals surface area contributed by atoms with Crippen LogP contribution in [0, 0.1) is 17.3 Å². The number of aryl methyl sites for hydroxylation is 1. The van der Waals surface area contributed by atoms with E-state index in [0.29, 0.717) is 24.7 Å². The van der Waals surface area contributed by atoms with Crippen molar-refractivity contribution in [2.24, 2.45) is 22.4 Å². The Hall–Kier alpha value is -3.50. The van der Waals surface area contributed by atoms with E-state index >= 15 is 0 Å². The molecule has 2 saturated heterocycles. The summed E-state index contributed by atoms with van der Waals surface area (Å²) in [5, 5.41) is 23.8. The predicted molar refractivity (Wildman–Crippen MR) is 161 cm³/mol. The summed E-state index contributed by atoms with van der Waals surface area (Å²) in [6.45, 7) is 4.65. The third-order valence-corrected chi connectivity index (χ3v) is 9.03. The lowest BCUT2D eigenvalue weighted by Gasteiger charge is -2.31. The monoisotopic (exact) mass is 577 g/mol. The molecule has 10 heteroatoms. The molecule has 2 fully saturated rings. The Labute approximate surface area is 248 Å².